The second-order valence-electron chi connectivity index (χ2n) is 4.60. The number of nitrogens with zero attached hydrogens (tertiary/aromatic N) is 2. The lowest BCUT2D eigenvalue weighted by Gasteiger charge is -2.33. The Labute approximate surface area is 99.8 Å². The third-order valence-electron chi connectivity index (χ3n) is 2.21. The molecular weight excluding hydrogens is 228 g/mol. The number of rotatable bonds is 4. The van der Waals surface area contributed by atoms with E-state index in [1.807, 2.05) is 19.0 Å². The summed E-state index contributed by atoms with van der Waals surface area (Å²) < 4.78 is 0. The molecule has 0 radical (unpaired) electrons. The molecule has 0 aromatic carbocycles. The number of imide groups is 1. The number of hydrogen-bond donors (Lipinski definition) is 1. The van der Waals surface area contributed by atoms with Crippen LogP contribution in [0, 0.1) is 0 Å². The molecule has 1 aliphatic rings. The van der Waals surface area contributed by atoms with Gasteiger partial charge < -0.3 is 10.0 Å². The summed E-state index contributed by atoms with van der Waals surface area (Å²) in [5.41, 5.74) is -1.06. The molecule has 1 N–H and O–H groups in total. The van der Waals surface area contributed by atoms with E-state index in [-0.39, 0.29) is 18.4 Å². The molecule has 1 saturated heterocycles. The molecule has 1 heterocycles. The fourth-order valence-corrected chi connectivity index (χ4v) is 2.53. The second-order valence-corrected chi connectivity index (χ2v) is 5.59. The number of aliphatic hydroxyl groups is 1. The Kier molecular flexibility index (Phi) is 4.35. The van der Waals surface area contributed by atoms with Crippen molar-refractivity contribution in [3.8, 4) is 0 Å². The fraction of sp³-hybridized carbons (Fsp3) is 0.800. The van der Waals surface area contributed by atoms with Crippen LogP contribution < -0.4 is 0 Å². The Morgan fingerprint density at radius 2 is 1.88 bits per heavy atom. The minimum Gasteiger partial charge on any atom is -0.387 e. The molecule has 0 spiro atoms. The number of carbonyl (C=O) groups is 2. The molecule has 2 amide bonds. The van der Waals surface area contributed by atoms with Crippen molar-refractivity contribution >= 4 is 23.6 Å². The lowest BCUT2D eigenvalue weighted by atomic mass is 10.1. The largest absolute Gasteiger partial charge is 0.387 e. The zero-order valence-electron chi connectivity index (χ0n) is 9.89. The topological polar surface area (TPSA) is 60.9 Å². The van der Waals surface area contributed by atoms with Crippen LogP contribution in [0.1, 0.15) is 6.92 Å². The number of thioether (sulfide) groups is 1. The molecule has 16 heavy (non-hydrogen) atoms. The Balaban J connectivity index is 2.63. The summed E-state index contributed by atoms with van der Waals surface area (Å²) in [5, 5.41) is 10.1. The van der Waals surface area contributed by atoms with E-state index in [1.54, 1.807) is 6.92 Å². The predicted molar refractivity (Wildman–Crippen MR) is 63.2 cm³/mol. The molecule has 0 aliphatic carbocycles. The van der Waals surface area contributed by atoms with Crippen molar-refractivity contribution in [1.29, 1.82) is 0 Å². The van der Waals surface area contributed by atoms with E-state index >= 15 is 0 Å². The van der Waals surface area contributed by atoms with Gasteiger partial charge in [0.25, 0.3) is 0 Å². The van der Waals surface area contributed by atoms with Crippen LogP contribution >= 0.6 is 11.8 Å². The van der Waals surface area contributed by atoms with Gasteiger partial charge in [0.15, 0.2) is 0 Å². The molecule has 1 unspecified atom stereocenters. The van der Waals surface area contributed by atoms with Crippen LogP contribution in [-0.2, 0) is 9.59 Å². The molecule has 6 heteroatoms. The van der Waals surface area contributed by atoms with Crippen LogP contribution in [0.15, 0.2) is 0 Å². The minimum atomic E-state index is -1.06. The van der Waals surface area contributed by atoms with E-state index in [0.29, 0.717) is 18.1 Å². The first-order chi connectivity index (χ1) is 7.32. The summed E-state index contributed by atoms with van der Waals surface area (Å²) in [6.07, 6.45) is 0. The van der Waals surface area contributed by atoms with Gasteiger partial charge in [-0.25, -0.2) is 0 Å². The molecule has 1 atom stereocenters. The Bertz CT molecular complexity index is 276. The van der Waals surface area contributed by atoms with Crippen molar-refractivity contribution in [3.63, 3.8) is 0 Å². The zero-order chi connectivity index (χ0) is 12.3. The monoisotopic (exact) mass is 246 g/mol. The van der Waals surface area contributed by atoms with Crippen LogP contribution in [0.25, 0.3) is 0 Å². The third-order valence-corrected chi connectivity index (χ3v) is 3.11. The van der Waals surface area contributed by atoms with Crippen molar-refractivity contribution in [3.05, 3.63) is 0 Å². The number of carbonyl (C=O) groups excluding carboxylic acids is 2. The maximum atomic E-state index is 11.5. The first-order valence-electron chi connectivity index (χ1n) is 5.10. The van der Waals surface area contributed by atoms with Gasteiger partial charge in [0, 0.05) is 6.54 Å². The Hall–Kier alpha value is -0.590. The summed E-state index contributed by atoms with van der Waals surface area (Å²) in [4.78, 5) is 26.0. The summed E-state index contributed by atoms with van der Waals surface area (Å²) >= 11 is 1.32. The normalized spacial score (nSPS) is 21.4. The number of β-amino-alcohol motifs (C(OH)–C–C–N with tert-alkyl or cyclic N) is 1. The van der Waals surface area contributed by atoms with Gasteiger partial charge >= 0.3 is 0 Å². The first-order valence-corrected chi connectivity index (χ1v) is 6.25. The average Bonchev–Trinajstić information content (AvgIpc) is 2.09. The highest BCUT2D eigenvalue weighted by molar-refractivity contribution is 8.00. The van der Waals surface area contributed by atoms with Crippen molar-refractivity contribution in [1.82, 2.24) is 9.80 Å². The van der Waals surface area contributed by atoms with Crippen molar-refractivity contribution in [2.24, 2.45) is 0 Å². The molecule has 0 aromatic heterocycles. The van der Waals surface area contributed by atoms with Crippen LogP contribution in [0.2, 0.25) is 0 Å². The quantitative estimate of drug-likeness (QED) is 0.671. The fourth-order valence-electron chi connectivity index (χ4n) is 1.77. The van der Waals surface area contributed by atoms with Crippen LogP contribution in [-0.4, -0.2) is 71.0 Å². The second kappa shape index (κ2) is 5.16. The van der Waals surface area contributed by atoms with Gasteiger partial charge in [-0.1, -0.05) is 0 Å². The van der Waals surface area contributed by atoms with Gasteiger partial charge in [-0.2, -0.15) is 0 Å². The van der Waals surface area contributed by atoms with Gasteiger partial charge in [0.1, 0.15) is 0 Å². The molecule has 1 aliphatic heterocycles. The summed E-state index contributed by atoms with van der Waals surface area (Å²) in [7, 11) is 3.67. The standard InChI is InChI=1S/C10H18N2O3S/c1-10(15,6-11(2)3)7-12-8(13)4-16-5-9(12)14/h15H,4-7H2,1-3H3. The van der Waals surface area contributed by atoms with E-state index in [1.165, 1.54) is 16.7 Å². The minimum absolute atomic E-state index is 0.0728. The van der Waals surface area contributed by atoms with E-state index in [0.717, 1.165) is 0 Å². The highest BCUT2D eigenvalue weighted by Gasteiger charge is 2.33. The smallest absolute Gasteiger partial charge is 0.239 e. The molecular formula is C10H18N2O3S. The maximum absolute atomic E-state index is 11.5. The number of likely N-dealkylation sites (N-methyl/N-ethyl adjacent to an activating group) is 1. The van der Waals surface area contributed by atoms with E-state index < -0.39 is 5.60 Å². The average molecular weight is 246 g/mol. The summed E-state index contributed by atoms with van der Waals surface area (Å²) in [5.74, 6) is 0.230. The predicted octanol–water partition coefficient (Wildman–Crippen LogP) is -0.599. The lowest BCUT2D eigenvalue weighted by Crippen LogP contribution is -2.53. The molecule has 5 nitrogen and oxygen atoms in total. The van der Waals surface area contributed by atoms with Crippen LogP contribution in [0.3, 0.4) is 0 Å². The van der Waals surface area contributed by atoms with Gasteiger partial charge in [0.2, 0.25) is 11.8 Å². The van der Waals surface area contributed by atoms with Gasteiger partial charge in [-0.3, -0.25) is 14.5 Å². The number of hydrogen-bond acceptors (Lipinski definition) is 5. The van der Waals surface area contributed by atoms with Crippen molar-refractivity contribution in [2.45, 2.75) is 12.5 Å². The van der Waals surface area contributed by atoms with Crippen molar-refractivity contribution in [2.75, 3.05) is 38.7 Å². The molecule has 0 aromatic rings. The van der Waals surface area contributed by atoms with Gasteiger partial charge in [-0.15, -0.1) is 11.8 Å². The van der Waals surface area contributed by atoms with Crippen molar-refractivity contribution < 1.29 is 14.7 Å². The zero-order valence-corrected chi connectivity index (χ0v) is 10.7. The van der Waals surface area contributed by atoms with E-state index in [2.05, 4.69) is 0 Å². The van der Waals surface area contributed by atoms with E-state index in [9.17, 15) is 14.7 Å². The van der Waals surface area contributed by atoms with Gasteiger partial charge in [-0.05, 0) is 21.0 Å². The molecule has 0 bridgehead atoms. The van der Waals surface area contributed by atoms with Crippen LogP contribution in [0.5, 0.6) is 0 Å². The summed E-state index contributed by atoms with van der Waals surface area (Å²) in [6.45, 7) is 2.12. The Morgan fingerprint density at radius 3 is 2.31 bits per heavy atom. The van der Waals surface area contributed by atoms with Gasteiger partial charge in [0.05, 0.1) is 23.7 Å². The molecule has 92 valence electrons. The van der Waals surface area contributed by atoms with E-state index in [4.69, 9.17) is 0 Å². The molecule has 1 rings (SSSR count). The SMILES string of the molecule is CN(C)CC(C)(O)CN1C(=O)CSCC1=O. The highest BCUT2D eigenvalue weighted by atomic mass is 32.2. The lowest BCUT2D eigenvalue weighted by molar-refractivity contribution is -0.146. The highest BCUT2D eigenvalue weighted by Crippen LogP contribution is 2.16. The Morgan fingerprint density at radius 1 is 1.38 bits per heavy atom. The summed E-state index contributed by atoms with van der Waals surface area (Å²) in [6, 6.07) is 0. The third kappa shape index (κ3) is 3.77. The first kappa shape index (κ1) is 13.5. The maximum Gasteiger partial charge on any atom is 0.239 e. The molecule has 1 fully saturated rings. The number of amides is 2. The molecule has 0 saturated carbocycles. The van der Waals surface area contributed by atoms with Crippen LogP contribution in [0.4, 0.5) is 0 Å².